The van der Waals surface area contributed by atoms with Gasteiger partial charge in [-0.05, 0) is 22.9 Å². The lowest BCUT2D eigenvalue weighted by Crippen LogP contribution is -2.17. The lowest BCUT2D eigenvalue weighted by Gasteiger charge is -2.18. The molecule has 1 aliphatic rings. The van der Waals surface area contributed by atoms with Crippen molar-refractivity contribution < 1.29 is 29.2 Å². The number of aliphatic hydroxyl groups excluding tert-OH is 1. The van der Waals surface area contributed by atoms with Crippen molar-refractivity contribution in [3.05, 3.63) is 16.1 Å². The highest BCUT2D eigenvalue weighted by molar-refractivity contribution is 9.10. The maximum absolute atomic E-state index is 11.7. The van der Waals surface area contributed by atoms with Crippen LogP contribution in [0.15, 0.2) is 10.5 Å². The van der Waals surface area contributed by atoms with Crippen molar-refractivity contribution in [3.63, 3.8) is 0 Å². The van der Waals surface area contributed by atoms with Crippen LogP contribution < -0.4 is 9.47 Å². The predicted octanol–water partition coefficient (Wildman–Crippen LogP) is 1.91. The molecule has 1 heterocycles. The number of hydrogen-bond acceptors (Lipinski definition) is 6. The molecular weight excluding hydrogens is 332 g/mol. The maximum atomic E-state index is 11.7. The standard InChI is InChI=1S/C13H15BrO6/c1-2-18-13(17)11(16)9-10(15)7(14)6-8-12(9)20-5-3-4-19-8/h6,11,15-16H,2-5H2,1H3. The van der Waals surface area contributed by atoms with Gasteiger partial charge >= 0.3 is 5.97 Å². The monoisotopic (exact) mass is 346 g/mol. The average molecular weight is 347 g/mol. The molecule has 1 unspecified atom stereocenters. The number of aromatic hydroxyl groups is 1. The van der Waals surface area contributed by atoms with Crippen LogP contribution in [0.1, 0.15) is 25.0 Å². The Morgan fingerprint density at radius 3 is 2.90 bits per heavy atom. The van der Waals surface area contributed by atoms with Crippen LogP contribution in [-0.2, 0) is 9.53 Å². The summed E-state index contributed by atoms with van der Waals surface area (Å²) < 4.78 is 16.0. The summed E-state index contributed by atoms with van der Waals surface area (Å²) in [7, 11) is 0. The predicted molar refractivity (Wildman–Crippen MR) is 73.0 cm³/mol. The summed E-state index contributed by atoms with van der Waals surface area (Å²) in [4.78, 5) is 11.7. The van der Waals surface area contributed by atoms with Crippen LogP contribution in [0.5, 0.6) is 17.2 Å². The summed E-state index contributed by atoms with van der Waals surface area (Å²) in [5.41, 5.74) is -0.0466. The van der Waals surface area contributed by atoms with Gasteiger partial charge in [-0.2, -0.15) is 0 Å². The van der Waals surface area contributed by atoms with Crippen molar-refractivity contribution in [2.45, 2.75) is 19.4 Å². The number of carbonyl (C=O) groups is 1. The summed E-state index contributed by atoms with van der Waals surface area (Å²) >= 11 is 3.16. The SMILES string of the molecule is CCOC(=O)C(O)c1c(O)c(Br)cc2c1OCCCO2. The highest BCUT2D eigenvalue weighted by atomic mass is 79.9. The van der Waals surface area contributed by atoms with E-state index in [1.165, 1.54) is 6.07 Å². The molecule has 1 aromatic rings. The third-order valence-electron chi connectivity index (χ3n) is 2.78. The zero-order valence-electron chi connectivity index (χ0n) is 10.9. The number of hydrogen-bond donors (Lipinski definition) is 2. The Bertz CT molecular complexity index is 516. The number of benzene rings is 1. The molecular formula is C13H15BrO6. The quantitative estimate of drug-likeness (QED) is 0.813. The molecule has 0 saturated carbocycles. The Balaban J connectivity index is 2.50. The minimum absolute atomic E-state index is 0.0466. The van der Waals surface area contributed by atoms with Crippen LogP contribution in [0.4, 0.5) is 0 Å². The number of fused-ring (bicyclic) bond motifs is 1. The van der Waals surface area contributed by atoms with Gasteiger partial charge in [-0.1, -0.05) is 0 Å². The second-order valence-corrected chi connectivity index (χ2v) is 5.01. The molecule has 0 aromatic heterocycles. The number of phenolic OH excluding ortho intramolecular Hbond substituents is 1. The number of aliphatic hydroxyl groups is 1. The van der Waals surface area contributed by atoms with E-state index in [1.54, 1.807) is 6.92 Å². The fourth-order valence-electron chi connectivity index (χ4n) is 1.88. The molecule has 110 valence electrons. The van der Waals surface area contributed by atoms with E-state index in [9.17, 15) is 15.0 Å². The molecule has 1 aromatic carbocycles. The number of halogens is 1. The van der Waals surface area contributed by atoms with E-state index in [1.807, 2.05) is 0 Å². The third kappa shape index (κ3) is 2.83. The summed E-state index contributed by atoms with van der Waals surface area (Å²) in [6.45, 7) is 2.59. The largest absolute Gasteiger partial charge is 0.506 e. The van der Waals surface area contributed by atoms with Crippen LogP contribution in [0, 0.1) is 0 Å². The summed E-state index contributed by atoms with van der Waals surface area (Å²) in [6.07, 6.45) is -0.968. The molecule has 1 aliphatic heterocycles. The van der Waals surface area contributed by atoms with Gasteiger partial charge in [0.2, 0.25) is 0 Å². The first-order valence-electron chi connectivity index (χ1n) is 6.22. The van der Waals surface area contributed by atoms with Gasteiger partial charge in [0.05, 0.1) is 29.9 Å². The van der Waals surface area contributed by atoms with E-state index < -0.39 is 12.1 Å². The molecule has 6 nitrogen and oxygen atoms in total. The fraction of sp³-hybridized carbons (Fsp3) is 0.462. The van der Waals surface area contributed by atoms with Gasteiger partial charge in [0.25, 0.3) is 0 Å². The molecule has 0 spiro atoms. The number of esters is 1. The van der Waals surface area contributed by atoms with Crippen LogP contribution in [-0.4, -0.2) is 36.0 Å². The topological polar surface area (TPSA) is 85.2 Å². The van der Waals surface area contributed by atoms with E-state index in [0.29, 0.717) is 29.9 Å². The molecule has 0 saturated heterocycles. The van der Waals surface area contributed by atoms with Crippen molar-refractivity contribution in [2.75, 3.05) is 19.8 Å². The zero-order valence-corrected chi connectivity index (χ0v) is 12.5. The van der Waals surface area contributed by atoms with Gasteiger partial charge in [-0.3, -0.25) is 0 Å². The van der Waals surface area contributed by atoms with Crippen LogP contribution in [0.25, 0.3) is 0 Å². The third-order valence-corrected chi connectivity index (χ3v) is 3.39. The Morgan fingerprint density at radius 2 is 2.20 bits per heavy atom. The highest BCUT2D eigenvalue weighted by Crippen LogP contribution is 2.46. The molecule has 2 rings (SSSR count). The van der Waals surface area contributed by atoms with Crippen molar-refractivity contribution in [1.82, 2.24) is 0 Å². The minimum atomic E-state index is -1.64. The van der Waals surface area contributed by atoms with Crippen molar-refractivity contribution in [3.8, 4) is 17.2 Å². The lowest BCUT2D eigenvalue weighted by molar-refractivity contribution is -0.153. The van der Waals surface area contributed by atoms with Gasteiger partial charge in [-0.15, -0.1) is 0 Å². The average Bonchev–Trinajstić information content (AvgIpc) is 2.65. The molecule has 1 atom stereocenters. The summed E-state index contributed by atoms with van der Waals surface area (Å²) in [5, 5.41) is 20.2. The molecule has 0 bridgehead atoms. The minimum Gasteiger partial charge on any atom is -0.506 e. The van der Waals surface area contributed by atoms with Gasteiger partial charge < -0.3 is 24.4 Å². The van der Waals surface area contributed by atoms with Crippen molar-refractivity contribution in [1.29, 1.82) is 0 Å². The number of carbonyl (C=O) groups excluding carboxylic acids is 1. The van der Waals surface area contributed by atoms with Gasteiger partial charge in [0.1, 0.15) is 5.75 Å². The van der Waals surface area contributed by atoms with Crippen molar-refractivity contribution >= 4 is 21.9 Å². The zero-order chi connectivity index (χ0) is 14.7. The van der Waals surface area contributed by atoms with Gasteiger partial charge in [0.15, 0.2) is 17.6 Å². The first kappa shape index (κ1) is 14.9. The van der Waals surface area contributed by atoms with Crippen LogP contribution in [0.3, 0.4) is 0 Å². The molecule has 2 N–H and O–H groups in total. The number of ether oxygens (including phenoxy) is 3. The first-order valence-corrected chi connectivity index (χ1v) is 7.01. The van der Waals surface area contributed by atoms with E-state index in [4.69, 9.17) is 14.2 Å². The summed E-state index contributed by atoms with van der Waals surface area (Å²) in [6, 6.07) is 1.54. The molecule has 0 amide bonds. The van der Waals surface area contributed by atoms with Gasteiger partial charge in [-0.25, -0.2) is 4.79 Å². The Labute approximate surface area is 124 Å². The molecule has 20 heavy (non-hydrogen) atoms. The maximum Gasteiger partial charge on any atom is 0.339 e. The second-order valence-electron chi connectivity index (χ2n) is 4.15. The van der Waals surface area contributed by atoms with Gasteiger partial charge in [0, 0.05) is 12.5 Å². The summed E-state index contributed by atoms with van der Waals surface area (Å²) in [5.74, 6) is -0.583. The Hall–Kier alpha value is -1.47. The van der Waals surface area contributed by atoms with E-state index in [0.717, 1.165) is 0 Å². The van der Waals surface area contributed by atoms with Crippen LogP contribution >= 0.6 is 15.9 Å². The normalized spacial score (nSPS) is 15.3. The fourth-order valence-corrected chi connectivity index (χ4v) is 2.30. The highest BCUT2D eigenvalue weighted by Gasteiger charge is 2.31. The molecule has 0 aliphatic carbocycles. The smallest absolute Gasteiger partial charge is 0.339 e. The number of phenols is 1. The van der Waals surface area contributed by atoms with E-state index in [2.05, 4.69) is 15.9 Å². The molecule has 0 radical (unpaired) electrons. The Morgan fingerprint density at radius 1 is 1.50 bits per heavy atom. The lowest BCUT2D eigenvalue weighted by atomic mass is 10.1. The van der Waals surface area contributed by atoms with Crippen molar-refractivity contribution in [2.24, 2.45) is 0 Å². The van der Waals surface area contributed by atoms with E-state index in [-0.39, 0.29) is 23.7 Å². The Kier molecular flexibility index (Phi) is 4.72. The first-order chi connectivity index (χ1) is 9.56. The number of rotatable bonds is 3. The second kappa shape index (κ2) is 6.32. The molecule has 7 heteroatoms. The molecule has 0 fully saturated rings. The van der Waals surface area contributed by atoms with E-state index >= 15 is 0 Å². The van der Waals surface area contributed by atoms with Crippen LogP contribution in [0.2, 0.25) is 0 Å².